The molecule has 28 heavy (non-hydrogen) atoms. The zero-order valence-electron chi connectivity index (χ0n) is 14.5. The van der Waals surface area contributed by atoms with Gasteiger partial charge in [-0.1, -0.05) is 23.7 Å². The standard InChI is InChI=1S/C21H15BrClIN2O2/c22-19-11-15(12-25-26-21(27)16-4-6-17(23)7-5-16)3-10-20(19)28-13-14-1-8-18(24)9-2-14/h1-12H,13H2,(H,26,27)/b25-12-. The Morgan fingerprint density at radius 2 is 1.82 bits per heavy atom. The maximum atomic E-state index is 12.0. The Bertz CT molecular complexity index is 992. The molecule has 0 aliphatic heterocycles. The van der Waals surface area contributed by atoms with E-state index in [0.29, 0.717) is 17.2 Å². The van der Waals surface area contributed by atoms with Crippen LogP contribution in [0, 0.1) is 3.57 Å². The number of amides is 1. The number of ether oxygens (including phenoxy) is 1. The van der Waals surface area contributed by atoms with Crippen LogP contribution in [0.15, 0.2) is 76.3 Å². The van der Waals surface area contributed by atoms with E-state index in [1.165, 1.54) is 3.57 Å². The Kier molecular flexibility index (Phi) is 7.47. The van der Waals surface area contributed by atoms with Crippen LogP contribution in [0.2, 0.25) is 5.02 Å². The molecule has 0 spiro atoms. The van der Waals surface area contributed by atoms with Gasteiger partial charge in [0.1, 0.15) is 12.4 Å². The third-order valence-corrected chi connectivity index (χ3v) is 5.34. The fraction of sp³-hybridized carbons (Fsp3) is 0.0476. The summed E-state index contributed by atoms with van der Waals surface area (Å²) in [5.41, 5.74) is 4.90. The molecule has 3 aromatic rings. The lowest BCUT2D eigenvalue weighted by Crippen LogP contribution is -2.17. The molecule has 142 valence electrons. The molecule has 1 N–H and O–H groups in total. The summed E-state index contributed by atoms with van der Waals surface area (Å²) in [5, 5.41) is 4.57. The van der Waals surface area contributed by atoms with E-state index in [0.717, 1.165) is 21.3 Å². The predicted octanol–water partition coefficient (Wildman–Crippen LogP) is 6.05. The van der Waals surface area contributed by atoms with E-state index in [1.807, 2.05) is 42.5 Å². The van der Waals surface area contributed by atoms with Crippen LogP contribution < -0.4 is 10.2 Å². The fourth-order valence-corrected chi connectivity index (χ4v) is 3.28. The number of nitrogens with zero attached hydrogens (tertiary/aromatic N) is 1. The number of nitrogens with one attached hydrogen (secondary N) is 1. The summed E-state index contributed by atoms with van der Waals surface area (Å²) in [6.07, 6.45) is 1.57. The minimum absolute atomic E-state index is 0.301. The Labute approximate surface area is 190 Å². The smallest absolute Gasteiger partial charge is 0.271 e. The van der Waals surface area contributed by atoms with Gasteiger partial charge in [-0.05, 0) is 104 Å². The Morgan fingerprint density at radius 1 is 1.11 bits per heavy atom. The molecule has 4 nitrogen and oxygen atoms in total. The van der Waals surface area contributed by atoms with Gasteiger partial charge in [-0.25, -0.2) is 5.43 Å². The SMILES string of the molecule is O=C(N/N=C\c1ccc(OCc2ccc(I)cc2)c(Br)c1)c1ccc(Cl)cc1. The van der Waals surface area contributed by atoms with Crippen LogP contribution in [-0.4, -0.2) is 12.1 Å². The lowest BCUT2D eigenvalue weighted by Gasteiger charge is -2.09. The molecule has 0 saturated carbocycles. The van der Waals surface area contributed by atoms with Gasteiger partial charge < -0.3 is 4.74 Å². The molecule has 0 fully saturated rings. The van der Waals surface area contributed by atoms with Crippen molar-refractivity contribution < 1.29 is 9.53 Å². The monoisotopic (exact) mass is 568 g/mol. The highest BCUT2D eigenvalue weighted by atomic mass is 127. The number of hydrazone groups is 1. The summed E-state index contributed by atoms with van der Waals surface area (Å²) in [4.78, 5) is 12.0. The molecule has 0 radical (unpaired) electrons. The molecule has 3 aromatic carbocycles. The Morgan fingerprint density at radius 3 is 2.50 bits per heavy atom. The highest BCUT2D eigenvalue weighted by Crippen LogP contribution is 2.26. The second-order valence-electron chi connectivity index (χ2n) is 5.81. The lowest BCUT2D eigenvalue weighted by molar-refractivity contribution is 0.0955. The lowest BCUT2D eigenvalue weighted by atomic mass is 10.2. The first-order chi connectivity index (χ1) is 13.5. The Balaban J connectivity index is 1.57. The van der Waals surface area contributed by atoms with E-state index in [2.05, 4.69) is 49.0 Å². The maximum Gasteiger partial charge on any atom is 0.271 e. The Hall–Kier alpha value is -1.90. The van der Waals surface area contributed by atoms with Gasteiger partial charge >= 0.3 is 0 Å². The van der Waals surface area contributed by atoms with Gasteiger partial charge in [0.2, 0.25) is 0 Å². The molecule has 7 heteroatoms. The third-order valence-electron chi connectivity index (χ3n) is 3.75. The number of benzene rings is 3. The highest BCUT2D eigenvalue weighted by Gasteiger charge is 2.05. The van der Waals surface area contributed by atoms with Crippen LogP contribution in [0.3, 0.4) is 0 Å². The first kappa shape index (κ1) is 20.8. The van der Waals surface area contributed by atoms with Crippen LogP contribution in [0.25, 0.3) is 0 Å². The number of carbonyl (C=O) groups is 1. The number of rotatable bonds is 6. The number of hydrogen-bond donors (Lipinski definition) is 1. The molecule has 0 heterocycles. The van der Waals surface area contributed by atoms with Crippen molar-refractivity contribution in [2.45, 2.75) is 6.61 Å². The minimum Gasteiger partial charge on any atom is -0.488 e. The number of hydrogen-bond acceptors (Lipinski definition) is 3. The quantitative estimate of drug-likeness (QED) is 0.223. The van der Waals surface area contributed by atoms with Crippen molar-refractivity contribution in [1.82, 2.24) is 5.43 Å². The summed E-state index contributed by atoms with van der Waals surface area (Å²) in [6.45, 7) is 0.486. The molecule has 3 rings (SSSR count). The van der Waals surface area contributed by atoms with Gasteiger partial charge in [0.25, 0.3) is 5.91 Å². The zero-order valence-corrected chi connectivity index (χ0v) is 19.0. The molecule has 0 bridgehead atoms. The maximum absolute atomic E-state index is 12.0. The van der Waals surface area contributed by atoms with Crippen LogP contribution in [0.4, 0.5) is 0 Å². The van der Waals surface area contributed by atoms with Crippen molar-refractivity contribution in [1.29, 1.82) is 0 Å². The van der Waals surface area contributed by atoms with Gasteiger partial charge in [-0.3, -0.25) is 4.79 Å². The first-order valence-corrected chi connectivity index (χ1v) is 10.5. The largest absolute Gasteiger partial charge is 0.488 e. The fourth-order valence-electron chi connectivity index (χ4n) is 2.29. The first-order valence-electron chi connectivity index (χ1n) is 8.27. The van der Waals surface area contributed by atoms with Crippen LogP contribution in [-0.2, 0) is 6.61 Å². The van der Waals surface area contributed by atoms with Gasteiger partial charge in [0.15, 0.2) is 0 Å². The van der Waals surface area contributed by atoms with Crippen LogP contribution in [0.1, 0.15) is 21.5 Å². The molecule has 0 aliphatic carbocycles. The van der Waals surface area contributed by atoms with E-state index in [-0.39, 0.29) is 5.91 Å². The number of halogens is 3. The molecular formula is C21H15BrClIN2O2. The van der Waals surface area contributed by atoms with Crippen molar-refractivity contribution in [3.05, 3.63) is 96.5 Å². The minimum atomic E-state index is -0.301. The van der Waals surface area contributed by atoms with E-state index >= 15 is 0 Å². The highest BCUT2D eigenvalue weighted by molar-refractivity contribution is 14.1. The van der Waals surface area contributed by atoms with Crippen molar-refractivity contribution in [2.24, 2.45) is 5.10 Å². The van der Waals surface area contributed by atoms with E-state index in [9.17, 15) is 4.79 Å². The van der Waals surface area contributed by atoms with E-state index in [4.69, 9.17) is 16.3 Å². The van der Waals surface area contributed by atoms with Crippen molar-refractivity contribution in [2.75, 3.05) is 0 Å². The topological polar surface area (TPSA) is 50.7 Å². The summed E-state index contributed by atoms with van der Waals surface area (Å²) in [7, 11) is 0. The van der Waals surface area contributed by atoms with Crippen molar-refractivity contribution >= 4 is 62.2 Å². The summed E-state index contributed by atoms with van der Waals surface area (Å²) < 4.78 is 7.85. The second-order valence-corrected chi connectivity index (χ2v) is 8.35. The van der Waals surface area contributed by atoms with Gasteiger partial charge in [0, 0.05) is 14.2 Å². The third kappa shape index (κ3) is 6.05. The predicted molar refractivity (Wildman–Crippen MR) is 124 cm³/mol. The second kappa shape index (κ2) is 10.0. The molecule has 0 saturated heterocycles. The van der Waals surface area contributed by atoms with Crippen LogP contribution in [0.5, 0.6) is 5.75 Å². The van der Waals surface area contributed by atoms with Crippen molar-refractivity contribution in [3.63, 3.8) is 0 Å². The summed E-state index contributed by atoms with van der Waals surface area (Å²) >= 11 is 11.6. The normalized spacial score (nSPS) is 10.8. The van der Waals surface area contributed by atoms with Crippen molar-refractivity contribution in [3.8, 4) is 5.75 Å². The van der Waals surface area contributed by atoms with E-state index in [1.54, 1.807) is 30.5 Å². The molecular weight excluding hydrogens is 555 g/mol. The molecule has 0 unspecified atom stereocenters. The van der Waals surface area contributed by atoms with E-state index < -0.39 is 0 Å². The van der Waals surface area contributed by atoms with Gasteiger partial charge in [-0.15, -0.1) is 0 Å². The number of carbonyl (C=O) groups excluding carboxylic acids is 1. The average molecular weight is 570 g/mol. The summed E-state index contributed by atoms with van der Waals surface area (Å²) in [6, 6.07) is 20.4. The zero-order chi connectivity index (χ0) is 19.9. The molecule has 0 aliphatic rings. The van der Waals surface area contributed by atoms with Gasteiger partial charge in [0.05, 0.1) is 10.7 Å². The summed E-state index contributed by atoms with van der Waals surface area (Å²) in [5.74, 6) is 0.436. The average Bonchev–Trinajstić information content (AvgIpc) is 2.69. The molecule has 0 aromatic heterocycles. The van der Waals surface area contributed by atoms with Gasteiger partial charge in [-0.2, -0.15) is 5.10 Å². The molecule has 0 atom stereocenters. The van der Waals surface area contributed by atoms with Crippen LogP contribution >= 0.6 is 50.1 Å². The molecule has 1 amide bonds.